The molecule has 1 aliphatic rings. The van der Waals surface area contributed by atoms with E-state index >= 15 is 0 Å². The summed E-state index contributed by atoms with van der Waals surface area (Å²) in [4.78, 5) is 2.60. The molecule has 1 fully saturated rings. The Hall–Kier alpha value is 0.690. The molecule has 0 amide bonds. The van der Waals surface area contributed by atoms with Crippen LogP contribution in [0.2, 0.25) is 0 Å². The van der Waals surface area contributed by atoms with Crippen LogP contribution in [0.25, 0.3) is 0 Å². The van der Waals surface area contributed by atoms with Crippen LogP contribution in [-0.4, -0.2) is 22.0 Å². The lowest BCUT2D eigenvalue weighted by atomic mass is 10.1. The van der Waals surface area contributed by atoms with E-state index in [0.29, 0.717) is 0 Å². The van der Waals surface area contributed by atoms with E-state index in [0.717, 1.165) is 4.05 Å². The maximum absolute atomic E-state index is 2.60. The highest BCUT2D eigenvalue weighted by atomic mass is 127. The van der Waals surface area contributed by atoms with Crippen molar-refractivity contribution in [1.29, 1.82) is 0 Å². The molecule has 1 saturated heterocycles. The van der Waals surface area contributed by atoms with Gasteiger partial charge in [-0.25, -0.2) is 0 Å². The van der Waals surface area contributed by atoms with Gasteiger partial charge < -0.3 is 0 Å². The van der Waals surface area contributed by atoms with Crippen molar-refractivity contribution in [2.45, 2.75) is 43.1 Å². The van der Waals surface area contributed by atoms with Crippen LogP contribution in [0.3, 0.4) is 0 Å². The summed E-state index contributed by atoms with van der Waals surface area (Å²) in [6.07, 6.45) is 7.17. The quantitative estimate of drug-likeness (QED) is 0.401. The van der Waals surface area contributed by atoms with E-state index < -0.39 is 0 Å². The number of likely N-dealkylation sites (tertiary alicyclic amines) is 1. The van der Waals surface area contributed by atoms with Crippen molar-refractivity contribution in [2.24, 2.45) is 0 Å². The van der Waals surface area contributed by atoms with Gasteiger partial charge in [-0.05, 0) is 32.9 Å². The van der Waals surface area contributed by atoms with Crippen molar-refractivity contribution in [2.75, 3.05) is 13.1 Å². The maximum atomic E-state index is 2.60. The first-order valence-electron chi connectivity index (χ1n) is 4.69. The molecule has 0 aromatic carbocycles. The van der Waals surface area contributed by atoms with Gasteiger partial charge in [-0.1, -0.05) is 41.9 Å². The summed E-state index contributed by atoms with van der Waals surface area (Å²) >= 11 is 2.52. The van der Waals surface area contributed by atoms with E-state index in [2.05, 4.69) is 34.4 Å². The molecule has 0 aromatic heterocycles. The molecule has 2 heteroatoms. The average molecular weight is 267 g/mol. The topological polar surface area (TPSA) is 3.24 Å². The molecule has 1 atom stereocenters. The zero-order valence-corrected chi connectivity index (χ0v) is 9.51. The molecule has 0 saturated carbocycles. The molecule has 11 heavy (non-hydrogen) atoms. The van der Waals surface area contributed by atoms with Gasteiger partial charge in [0.25, 0.3) is 0 Å². The molecule has 0 aliphatic carbocycles. The molecule has 0 N–H and O–H groups in total. The second-order valence-electron chi connectivity index (χ2n) is 3.38. The fourth-order valence-corrected chi connectivity index (χ4v) is 2.18. The summed E-state index contributed by atoms with van der Waals surface area (Å²) in [5.74, 6) is 0. The van der Waals surface area contributed by atoms with Crippen LogP contribution in [0.15, 0.2) is 0 Å². The Balaban J connectivity index is 2.26. The number of rotatable bonds is 1. The maximum Gasteiger partial charge on any atom is 0.0589 e. The monoisotopic (exact) mass is 267 g/mol. The molecule has 1 rings (SSSR count). The Bertz CT molecular complexity index is 95.7. The van der Waals surface area contributed by atoms with Gasteiger partial charge in [-0.2, -0.15) is 0 Å². The first kappa shape index (κ1) is 9.78. The number of alkyl halides is 1. The predicted molar refractivity (Wildman–Crippen MR) is 58.1 cm³/mol. The molecule has 0 radical (unpaired) electrons. The second-order valence-corrected chi connectivity index (χ2v) is 5.18. The van der Waals surface area contributed by atoms with E-state index in [1.54, 1.807) is 0 Å². The third-order valence-electron chi connectivity index (χ3n) is 2.39. The first-order chi connectivity index (χ1) is 5.30. The molecular weight excluding hydrogens is 249 g/mol. The molecule has 0 bridgehead atoms. The van der Waals surface area contributed by atoms with Crippen LogP contribution < -0.4 is 0 Å². The highest BCUT2D eigenvalue weighted by Gasteiger charge is 2.11. The van der Waals surface area contributed by atoms with Crippen molar-refractivity contribution < 1.29 is 0 Å². The second kappa shape index (κ2) is 5.36. The van der Waals surface area contributed by atoms with Gasteiger partial charge in [0.05, 0.1) is 4.05 Å². The molecule has 1 unspecified atom stereocenters. The van der Waals surface area contributed by atoms with E-state index in [4.69, 9.17) is 0 Å². The predicted octanol–water partition coefficient (Wildman–Crippen LogP) is 3.03. The van der Waals surface area contributed by atoms with Crippen molar-refractivity contribution in [3.05, 3.63) is 0 Å². The van der Waals surface area contributed by atoms with Crippen molar-refractivity contribution in [3.63, 3.8) is 0 Å². The lowest BCUT2D eigenvalue weighted by Crippen LogP contribution is -2.31. The molecule has 1 aliphatic heterocycles. The minimum Gasteiger partial charge on any atom is -0.292 e. The third kappa shape index (κ3) is 3.74. The smallest absolute Gasteiger partial charge is 0.0589 e. The SMILES string of the molecule is CC(I)N1CCCCCCC1. The van der Waals surface area contributed by atoms with Gasteiger partial charge in [-0.3, -0.25) is 4.90 Å². The lowest BCUT2D eigenvalue weighted by Gasteiger charge is -2.26. The number of hydrogen-bond donors (Lipinski definition) is 0. The molecular formula is C9H18IN. The third-order valence-corrected chi connectivity index (χ3v) is 3.18. The highest BCUT2D eigenvalue weighted by molar-refractivity contribution is 14.1. The van der Waals surface area contributed by atoms with Crippen LogP contribution in [0.4, 0.5) is 0 Å². The minimum atomic E-state index is 0.727. The van der Waals surface area contributed by atoms with Crippen LogP contribution >= 0.6 is 22.6 Å². The zero-order valence-electron chi connectivity index (χ0n) is 7.35. The van der Waals surface area contributed by atoms with Gasteiger partial charge in [0.15, 0.2) is 0 Å². The van der Waals surface area contributed by atoms with E-state index in [-0.39, 0.29) is 0 Å². The average Bonchev–Trinajstić information content (AvgIpc) is 1.84. The summed E-state index contributed by atoms with van der Waals surface area (Å²) in [6, 6.07) is 0. The van der Waals surface area contributed by atoms with Crippen LogP contribution in [0, 0.1) is 0 Å². The Morgan fingerprint density at radius 1 is 1.00 bits per heavy atom. The number of nitrogens with zero attached hydrogens (tertiary/aromatic N) is 1. The molecule has 0 aromatic rings. The van der Waals surface area contributed by atoms with Crippen molar-refractivity contribution in [1.82, 2.24) is 4.90 Å². The molecule has 1 heterocycles. The summed E-state index contributed by atoms with van der Waals surface area (Å²) in [6.45, 7) is 4.94. The molecule has 66 valence electrons. The lowest BCUT2D eigenvalue weighted by molar-refractivity contribution is 0.249. The van der Waals surface area contributed by atoms with Gasteiger partial charge in [0.1, 0.15) is 0 Å². The fourth-order valence-electron chi connectivity index (χ4n) is 1.63. The van der Waals surface area contributed by atoms with E-state index in [1.165, 1.54) is 45.2 Å². The largest absolute Gasteiger partial charge is 0.292 e. The summed E-state index contributed by atoms with van der Waals surface area (Å²) < 4.78 is 0.727. The zero-order chi connectivity index (χ0) is 8.10. The molecule has 0 spiro atoms. The van der Waals surface area contributed by atoms with Crippen molar-refractivity contribution >= 4 is 22.6 Å². The van der Waals surface area contributed by atoms with Gasteiger partial charge in [0.2, 0.25) is 0 Å². The minimum absolute atomic E-state index is 0.727. The van der Waals surface area contributed by atoms with Crippen molar-refractivity contribution in [3.8, 4) is 0 Å². The summed E-state index contributed by atoms with van der Waals surface area (Å²) in [5, 5.41) is 0. The van der Waals surface area contributed by atoms with Gasteiger partial charge in [0, 0.05) is 0 Å². The van der Waals surface area contributed by atoms with E-state index in [1.807, 2.05) is 0 Å². The fraction of sp³-hybridized carbons (Fsp3) is 1.00. The Kier molecular flexibility index (Phi) is 4.76. The summed E-state index contributed by atoms with van der Waals surface area (Å²) in [5.41, 5.74) is 0. The first-order valence-corrected chi connectivity index (χ1v) is 5.93. The standard InChI is InChI=1S/C9H18IN/c1-9(10)11-7-5-3-2-4-6-8-11/h9H,2-8H2,1H3. The molecule has 1 nitrogen and oxygen atoms in total. The Labute approximate surface area is 83.7 Å². The van der Waals surface area contributed by atoms with Gasteiger partial charge >= 0.3 is 0 Å². The summed E-state index contributed by atoms with van der Waals surface area (Å²) in [7, 11) is 0. The van der Waals surface area contributed by atoms with Crippen LogP contribution in [0.5, 0.6) is 0 Å². The number of hydrogen-bond acceptors (Lipinski definition) is 1. The van der Waals surface area contributed by atoms with Gasteiger partial charge in [-0.15, -0.1) is 0 Å². The normalized spacial score (nSPS) is 25.6. The Morgan fingerprint density at radius 3 is 1.91 bits per heavy atom. The van der Waals surface area contributed by atoms with E-state index in [9.17, 15) is 0 Å². The van der Waals surface area contributed by atoms with Crippen LogP contribution in [-0.2, 0) is 0 Å². The number of halogens is 1. The highest BCUT2D eigenvalue weighted by Crippen LogP contribution is 2.15. The van der Waals surface area contributed by atoms with Crippen LogP contribution in [0.1, 0.15) is 39.0 Å². The Morgan fingerprint density at radius 2 is 1.45 bits per heavy atom.